The van der Waals surface area contributed by atoms with E-state index in [2.05, 4.69) is 10.6 Å². The maximum atomic E-state index is 5.85. The lowest BCUT2D eigenvalue weighted by atomic mass is 10.3. The summed E-state index contributed by atoms with van der Waals surface area (Å²) in [5.41, 5.74) is 1.71. The molecular weight excluding hydrogens is 304 g/mol. The minimum Gasteiger partial charge on any atom is -0.489 e. The van der Waals surface area contributed by atoms with Crippen LogP contribution in [0.5, 0.6) is 5.75 Å². The highest BCUT2D eigenvalue weighted by Gasteiger charge is 2.06. The van der Waals surface area contributed by atoms with Crippen LogP contribution in [-0.4, -0.2) is 11.2 Å². The fourth-order valence-corrected chi connectivity index (χ4v) is 2.10. The first-order chi connectivity index (χ1) is 10.0. The molecule has 0 amide bonds. The Bertz CT molecular complexity index is 614. The first-order valence-corrected chi connectivity index (χ1v) is 7.42. The molecule has 0 aliphatic rings. The Kier molecular flexibility index (Phi) is 5.42. The first kappa shape index (κ1) is 15.6. The average Bonchev–Trinajstić information content (AvgIpc) is 2.43. The van der Waals surface area contributed by atoms with Crippen molar-refractivity contribution in [2.45, 2.75) is 20.0 Å². The van der Waals surface area contributed by atoms with Crippen molar-refractivity contribution in [3.63, 3.8) is 0 Å². The van der Waals surface area contributed by atoms with Gasteiger partial charge in [0, 0.05) is 10.7 Å². The Labute approximate surface area is 135 Å². The van der Waals surface area contributed by atoms with E-state index < -0.39 is 0 Å². The van der Waals surface area contributed by atoms with Crippen molar-refractivity contribution in [1.29, 1.82) is 0 Å². The second-order valence-electron chi connectivity index (χ2n) is 4.75. The zero-order valence-corrected chi connectivity index (χ0v) is 13.5. The predicted molar refractivity (Wildman–Crippen MR) is 93.5 cm³/mol. The van der Waals surface area contributed by atoms with E-state index >= 15 is 0 Å². The molecule has 0 aliphatic heterocycles. The summed E-state index contributed by atoms with van der Waals surface area (Å²) in [4.78, 5) is 0. The number of rotatable bonds is 4. The molecule has 110 valence electrons. The van der Waals surface area contributed by atoms with Crippen molar-refractivity contribution in [1.82, 2.24) is 0 Å². The molecular formula is C16H17ClN2OS. The summed E-state index contributed by atoms with van der Waals surface area (Å²) in [6.45, 7) is 3.97. The minimum absolute atomic E-state index is 0.103. The minimum atomic E-state index is 0.103. The van der Waals surface area contributed by atoms with Crippen molar-refractivity contribution in [3.05, 3.63) is 53.6 Å². The standard InChI is InChI=1S/C16H17ClN2OS/c1-11(2)20-15-6-4-3-5-14(15)19-16(21)18-13-9-7-12(17)8-10-13/h3-11H,1-2H3,(H2,18,19,21). The number of thiocarbonyl (C=S) groups is 1. The molecule has 0 spiro atoms. The molecule has 3 nitrogen and oxygen atoms in total. The molecule has 0 aliphatic carbocycles. The molecule has 0 bridgehead atoms. The molecule has 0 saturated heterocycles. The van der Waals surface area contributed by atoms with Crippen molar-refractivity contribution in [2.24, 2.45) is 0 Å². The number of anilines is 2. The van der Waals surface area contributed by atoms with Crippen LogP contribution in [0.4, 0.5) is 11.4 Å². The van der Waals surface area contributed by atoms with Gasteiger partial charge in [-0.25, -0.2) is 0 Å². The lowest BCUT2D eigenvalue weighted by molar-refractivity contribution is 0.244. The van der Waals surface area contributed by atoms with Gasteiger partial charge in [0.05, 0.1) is 11.8 Å². The Balaban J connectivity index is 2.04. The Hall–Kier alpha value is -1.78. The van der Waals surface area contributed by atoms with Gasteiger partial charge in [0.2, 0.25) is 0 Å². The molecule has 0 unspecified atom stereocenters. The van der Waals surface area contributed by atoms with Gasteiger partial charge in [-0.15, -0.1) is 0 Å². The van der Waals surface area contributed by atoms with Crippen molar-refractivity contribution < 1.29 is 4.74 Å². The van der Waals surface area contributed by atoms with Gasteiger partial charge in [0.25, 0.3) is 0 Å². The van der Waals surface area contributed by atoms with Crippen molar-refractivity contribution in [3.8, 4) is 5.75 Å². The highest BCUT2D eigenvalue weighted by atomic mass is 35.5. The summed E-state index contributed by atoms with van der Waals surface area (Å²) in [7, 11) is 0. The second-order valence-corrected chi connectivity index (χ2v) is 5.59. The normalized spacial score (nSPS) is 10.3. The van der Waals surface area contributed by atoms with Gasteiger partial charge in [0.1, 0.15) is 5.75 Å². The highest BCUT2D eigenvalue weighted by Crippen LogP contribution is 2.25. The summed E-state index contributed by atoms with van der Waals surface area (Å²) in [5, 5.41) is 7.43. The SMILES string of the molecule is CC(C)Oc1ccccc1NC(=S)Nc1ccc(Cl)cc1. The summed E-state index contributed by atoms with van der Waals surface area (Å²) in [6.07, 6.45) is 0.103. The van der Waals surface area contributed by atoms with E-state index in [0.717, 1.165) is 17.1 Å². The number of hydrogen-bond donors (Lipinski definition) is 2. The maximum absolute atomic E-state index is 5.85. The zero-order chi connectivity index (χ0) is 15.2. The number of hydrogen-bond acceptors (Lipinski definition) is 2. The second kappa shape index (κ2) is 7.29. The third-order valence-electron chi connectivity index (χ3n) is 2.60. The molecule has 0 aromatic heterocycles. The number of para-hydroxylation sites is 2. The smallest absolute Gasteiger partial charge is 0.175 e. The van der Waals surface area contributed by atoms with Crippen LogP contribution in [-0.2, 0) is 0 Å². The maximum Gasteiger partial charge on any atom is 0.175 e. The topological polar surface area (TPSA) is 33.3 Å². The third-order valence-corrected chi connectivity index (χ3v) is 3.06. The Morgan fingerprint density at radius 1 is 1.05 bits per heavy atom. The molecule has 0 heterocycles. The molecule has 2 N–H and O–H groups in total. The number of nitrogens with one attached hydrogen (secondary N) is 2. The van der Waals surface area contributed by atoms with Crippen LogP contribution in [0.25, 0.3) is 0 Å². The van der Waals surface area contributed by atoms with E-state index in [0.29, 0.717) is 10.1 Å². The third kappa shape index (κ3) is 4.92. The average molecular weight is 321 g/mol. The molecule has 2 aromatic carbocycles. The number of benzene rings is 2. The largest absolute Gasteiger partial charge is 0.489 e. The first-order valence-electron chi connectivity index (χ1n) is 6.64. The van der Waals surface area contributed by atoms with E-state index in [9.17, 15) is 0 Å². The van der Waals surface area contributed by atoms with E-state index in [1.54, 1.807) is 0 Å². The van der Waals surface area contributed by atoms with Crippen LogP contribution in [0, 0.1) is 0 Å². The molecule has 21 heavy (non-hydrogen) atoms. The summed E-state index contributed by atoms with van der Waals surface area (Å²) >= 11 is 11.2. The van der Waals surface area contributed by atoms with Gasteiger partial charge < -0.3 is 15.4 Å². The van der Waals surface area contributed by atoms with Gasteiger partial charge in [0.15, 0.2) is 5.11 Å². The number of halogens is 1. The van der Waals surface area contributed by atoms with Crippen LogP contribution in [0.1, 0.15) is 13.8 Å². The van der Waals surface area contributed by atoms with Gasteiger partial charge in [-0.05, 0) is 62.5 Å². The summed E-state index contributed by atoms with van der Waals surface area (Å²) in [5.74, 6) is 0.771. The Morgan fingerprint density at radius 2 is 1.71 bits per heavy atom. The summed E-state index contributed by atoms with van der Waals surface area (Å²) in [6, 6.07) is 15.0. The van der Waals surface area contributed by atoms with E-state index in [-0.39, 0.29) is 6.10 Å². The van der Waals surface area contributed by atoms with Crippen LogP contribution >= 0.6 is 23.8 Å². The fourth-order valence-electron chi connectivity index (χ4n) is 1.74. The van der Waals surface area contributed by atoms with Gasteiger partial charge in [-0.3, -0.25) is 0 Å². The van der Waals surface area contributed by atoms with Crippen molar-refractivity contribution >= 4 is 40.3 Å². The molecule has 5 heteroatoms. The molecule has 0 atom stereocenters. The predicted octanol–water partition coefficient (Wildman–Crippen LogP) is 4.94. The van der Waals surface area contributed by atoms with Gasteiger partial charge >= 0.3 is 0 Å². The van der Waals surface area contributed by atoms with Crippen LogP contribution in [0.3, 0.4) is 0 Å². The lowest BCUT2D eigenvalue weighted by Gasteiger charge is -2.16. The van der Waals surface area contributed by atoms with Crippen LogP contribution in [0.15, 0.2) is 48.5 Å². The zero-order valence-electron chi connectivity index (χ0n) is 11.9. The molecule has 0 radical (unpaired) electrons. The molecule has 0 fully saturated rings. The van der Waals surface area contributed by atoms with Gasteiger partial charge in [-0.2, -0.15) is 0 Å². The van der Waals surface area contributed by atoms with E-state index in [1.165, 1.54) is 0 Å². The van der Waals surface area contributed by atoms with Gasteiger partial charge in [-0.1, -0.05) is 23.7 Å². The lowest BCUT2D eigenvalue weighted by Crippen LogP contribution is -2.20. The molecule has 0 saturated carbocycles. The van der Waals surface area contributed by atoms with E-state index in [4.69, 9.17) is 28.6 Å². The quantitative estimate of drug-likeness (QED) is 0.782. The monoisotopic (exact) mass is 320 g/mol. The van der Waals surface area contributed by atoms with E-state index in [1.807, 2.05) is 62.4 Å². The summed E-state index contributed by atoms with van der Waals surface area (Å²) < 4.78 is 5.74. The highest BCUT2D eigenvalue weighted by molar-refractivity contribution is 7.80. The fraction of sp³-hybridized carbons (Fsp3) is 0.188. The molecule has 2 aromatic rings. The molecule has 2 rings (SSSR count). The number of ether oxygens (including phenoxy) is 1. The van der Waals surface area contributed by atoms with Crippen LogP contribution in [0.2, 0.25) is 5.02 Å². The Morgan fingerprint density at radius 3 is 2.38 bits per heavy atom. The van der Waals surface area contributed by atoms with Crippen molar-refractivity contribution in [2.75, 3.05) is 10.6 Å². The van der Waals surface area contributed by atoms with Crippen LogP contribution < -0.4 is 15.4 Å².